The molecular weight excluding hydrogens is 985 g/mol. The van der Waals surface area contributed by atoms with Crippen LogP contribution in [0, 0.1) is 0 Å². The summed E-state index contributed by atoms with van der Waals surface area (Å²) in [5.41, 5.74) is 4.57. The van der Waals surface area contributed by atoms with Crippen molar-refractivity contribution < 1.29 is 71.1 Å². The summed E-state index contributed by atoms with van der Waals surface area (Å²) >= 11 is 0. The number of hydrogen-bond donors (Lipinski definition) is 5. The van der Waals surface area contributed by atoms with Gasteiger partial charge < -0.3 is 39.9 Å². The number of ketones is 1. The molecular formula is C52H81N3O16P2. The quantitative estimate of drug-likeness (QED) is 0.0102. The van der Waals surface area contributed by atoms with Crippen LogP contribution in [0.25, 0.3) is 0 Å². The molecule has 0 radical (unpaired) electrons. The van der Waals surface area contributed by atoms with Crippen molar-refractivity contribution >= 4 is 39.2 Å². The van der Waals surface area contributed by atoms with Gasteiger partial charge in [0.15, 0.2) is 18.1 Å². The van der Waals surface area contributed by atoms with Gasteiger partial charge in [0.1, 0.15) is 30.7 Å². The lowest BCUT2D eigenvalue weighted by Gasteiger charge is -2.21. The summed E-state index contributed by atoms with van der Waals surface area (Å²) < 4.78 is 56.7. The number of aliphatic hydroxyl groups excluding tert-OH is 2. The highest BCUT2D eigenvalue weighted by atomic mass is 31.3. The standard InChI is InChI=1S/C52H81N3O16P2/c1-3-5-7-8-9-10-11-12-13-14-15-16-19-23-26-29-33-37-48(58)69-44(40-66-47(57)36-32-28-25-22-20-17-18-21-24-27-31-35-43(56)34-30-6-4-2)41-67-72(62,63)71-73(64,65)68-42-45-49(59)50(60)51(70-45)55-39-38-46(53)54-52(55)61/h9-10,12-13,15-18,22,24-25,27,31,35,38-39,44-45,49-51,59-60H,3-8,11,14,19-21,23,26,28-30,32-34,36-37,40-42H2,1-2H3,(H,62,63)(H,64,65)(H2,53,54,61)/b10-9-,13-12-,16-15-,18-17-,25-22-,27-24-,35-31+/t44-,45-,49-,50-,51-/m1/s1. The van der Waals surface area contributed by atoms with Crippen LogP contribution in [0.1, 0.15) is 155 Å². The number of nitrogens with zero attached hydrogens (tertiary/aromatic N) is 2. The number of allylic oxidation sites excluding steroid dienone is 14. The summed E-state index contributed by atoms with van der Waals surface area (Å²) in [7, 11) is -10.9. The zero-order valence-corrected chi connectivity index (χ0v) is 44.4. The monoisotopic (exact) mass is 1070 g/mol. The van der Waals surface area contributed by atoms with Gasteiger partial charge in [0.2, 0.25) is 0 Å². The van der Waals surface area contributed by atoms with E-state index in [0.29, 0.717) is 32.1 Å². The molecule has 19 nitrogen and oxygen atoms in total. The van der Waals surface area contributed by atoms with Crippen molar-refractivity contribution in [1.82, 2.24) is 9.55 Å². The molecule has 410 valence electrons. The molecule has 1 aliphatic rings. The van der Waals surface area contributed by atoms with Crippen LogP contribution in [0.3, 0.4) is 0 Å². The predicted molar refractivity (Wildman–Crippen MR) is 280 cm³/mol. The maximum absolute atomic E-state index is 12.9. The summed E-state index contributed by atoms with van der Waals surface area (Å²) in [6.45, 7) is 1.87. The Bertz CT molecular complexity index is 2120. The number of aliphatic hydroxyl groups is 2. The fraction of sp³-hybridized carbons (Fsp3) is 0.596. The number of ether oxygens (including phenoxy) is 3. The van der Waals surface area contributed by atoms with Gasteiger partial charge in [0.25, 0.3) is 0 Å². The molecule has 7 atom stereocenters. The molecule has 1 aromatic rings. The molecule has 0 aliphatic carbocycles. The number of nitrogens with two attached hydrogens (primary N) is 1. The summed E-state index contributed by atoms with van der Waals surface area (Å²) in [6, 6.07) is 1.24. The topological polar surface area (TPSA) is 283 Å². The van der Waals surface area contributed by atoms with Crippen molar-refractivity contribution in [2.75, 3.05) is 25.6 Å². The van der Waals surface area contributed by atoms with Crippen LogP contribution >= 0.6 is 15.6 Å². The van der Waals surface area contributed by atoms with Gasteiger partial charge in [-0.3, -0.25) is 28.0 Å². The first-order valence-corrected chi connectivity index (χ1v) is 28.5. The molecule has 21 heteroatoms. The van der Waals surface area contributed by atoms with Crippen LogP contribution in [-0.4, -0.2) is 91.5 Å². The number of nitrogen functional groups attached to an aromatic ring is 1. The van der Waals surface area contributed by atoms with E-state index in [9.17, 15) is 48.3 Å². The van der Waals surface area contributed by atoms with Crippen molar-refractivity contribution in [2.24, 2.45) is 0 Å². The van der Waals surface area contributed by atoms with Crippen molar-refractivity contribution in [3.8, 4) is 0 Å². The molecule has 2 unspecified atom stereocenters. The second-order valence-corrected chi connectivity index (χ2v) is 20.4. The van der Waals surface area contributed by atoms with Crippen LogP contribution in [0.2, 0.25) is 0 Å². The number of carbonyl (C=O) groups excluding carboxylic acids is 3. The first-order chi connectivity index (χ1) is 35.1. The maximum atomic E-state index is 12.9. The number of unbranched alkanes of at least 4 members (excludes halogenated alkanes) is 10. The molecule has 73 heavy (non-hydrogen) atoms. The SMILES string of the molecule is CCCCC/C=C\C/C=C\C/C=C\CCCCCCC(=O)O[C@H](COC(=O)CCC/C=C\C/C=C\C/C=C\C=C\C(=O)CCCCC)COP(=O)(O)OP(=O)(O)OC[C@H]1O[C@@H](n2ccc(N)nc2=O)[C@H](O)[C@@H]1O. The minimum Gasteiger partial charge on any atom is -0.462 e. The summed E-state index contributed by atoms with van der Waals surface area (Å²) in [5, 5.41) is 20.9. The van der Waals surface area contributed by atoms with E-state index in [4.69, 9.17) is 29.0 Å². The lowest BCUT2D eigenvalue weighted by Crippen LogP contribution is -2.36. The summed E-state index contributed by atoms with van der Waals surface area (Å²) in [6.07, 6.45) is 37.9. The zero-order valence-electron chi connectivity index (χ0n) is 42.6. The van der Waals surface area contributed by atoms with E-state index in [1.807, 2.05) is 36.5 Å². The highest BCUT2D eigenvalue weighted by Crippen LogP contribution is 2.60. The Hall–Kier alpha value is -4.39. The molecule has 6 N–H and O–H groups in total. The summed E-state index contributed by atoms with van der Waals surface area (Å²) in [4.78, 5) is 73.7. The molecule has 2 rings (SSSR count). The van der Waals surface area contributed by atoms with Crippen molar-refractivity contribution in [3.63, 3.8) is 0 Å². The molecule has 2 heterocycles. The third kappa shape index (κ3) is 31.8. The van der Waals surface area contributed by atoms with Gasteiger partial charge in [-0.25, -0.2) is 13.9 Å². The van der Waals surface area contributed by atoms with Gasteiger partial charge in [-0.1, -0.05) is 131 Å². The first kappa shape index (κ1) is 64.7. The highest BCUT2D eigenvalue weighted by molar-refractivity contribution is 7.61. The van der Waals surface area contributed by atoms with E-state index in [2.05, 4.69) is 59.6 Å². The van der Waals surface area contributed by atoms with Gasteiger partial charge >= 0.3 is 33.3 Å². The Morgan fingerprint density at radius 3 is 1.89 bits per heavy atom. The molecule has 1 fully saturated rings. The Labute approximate surface area is 431 Å². The molecule has 0 aromatic carbocycles. The predicted octanol–water partition coefficient (Wildman–Crippen LogP) is 9.84. The van der Waals surface area contributed by atoms with Crippen molar-refractivity contribution in [3.05, 3.63) is 108 Å². The lowest BCUT2D eigenvalue weighted by molar-refractivity contribution is -0.161. The van der Waals surface area contributed by atoms with E-state index < -0.39 is 83.7 Å². The molecule has 0 saturated carbocycles. The molecule has 0 spiro atoms. The fourth-order valence-corrected chi connectivity index (χ4v) is 9.02. The minimum atomic E-state index is -5.45. The third-order valence-corrected chi connectivity index (χ3v) is 13.5. The van der Waals surface area contributed by atoms with Crippen LogP contribution in [0.5, 0.6) is 0 Å². The number of phosphoric ester groups is 2. The van der Waals surface area contributed by atoms with Crippen LogP contribution in [0.15, 0.2) is 102 Å². The summed E-state index contributed by atoms with van der Waals surface area (Å²) in [5.74, 6) is -1.31. The molecule has 0 amide bonds. The average Bonchev–Trinajstić information content (AvgIpc) is 3.62. The van der Waals surface area contributed by atoms with Crippen molar-refractivity contribution in [1.29, 1.82) is 0 Å². The second-order valence-electron chi connectivity index (χ2n) is 17.3. The Morgan fingerprint density at radius 1 is 0.699 bits per heavy atom. The number of anilines is 1. The maximum Gasteiger partial charge on any atom is 0.481 e. The molecule has 1 aromatic heterocycles. The minimum absolute atomic E-state index is 0.00377. The van der Waals surface area contributed by atoms with Crippen molar-refractivity contribution in [2.45, 2.75) is 179 Å². The zero-order chi connectivity index (χ0) is 53.6. The lowest BCUT2D eigenvalue weighted by atomic mass is 10.1. The molecule has 1 saturated heterocycles. The van der Waals surface area contributed by atoms with Crippen LogP contribution < -0.4 is 11.4 Å². The number of esters is 2. The fourth-order valence-electron chi connectivity index (χ4n) is 6.91. The van der Waals surface area contributed by atoms with E-state index in [0.717, 1.165) is 81.4 Å². The largest absolute Gasteiger partial charge is 0.481 e. The third-order valence-electron chi connectivity index (χ3n) is 10.9. The first-order valence-electron chi connectivity index (χ1n) is 25.6. The van der Waals surface area contributed by atoms with Gasteiger partial charge in [-0.05, 0) is 89.2 Å². The second kappa shape index (κ2) is 39.1. The van der Waals surface area contributed by atoms with Gasteiger partial charge in [-0.2, -0.15) is 9.29 Å². The number of phosphoric acid groups is 2. The van der Waals surface area contributed by atoms with E-state index in [-0.39, 0.29) is 24.4 Å². The number of aromatic nitrogens is 2. The smallest absolute Gasteiger partial charge is 0.462 e. The van der Waals surface area contributed by atoms with Gasteiger partial charge in [0.05, 0.1) is 13.2 Å². The molecule has 0 bridgehead atoms. The Kier molecular flexibility index (Phi) is 34.7. The number of carbonyl (C=O) groups is 3. The Balaban J connectivity index is 1.85. The number of rotatable bonds is 41. The van der Waals surface area contributed by atoms with Gasteiger partial charge in [-0.15, -0.1) is 0 Å². The van der Waals surface area contributed by atoms with E-state index >= 15 is 0 Å². The molecule has 1 aliphatic heterocycles. The highest BCUT2D eigenvalue weighted by Gasteiger charge is 2.46. The van der Waals surface area contributed by atoms with E-state index in [1.165, 1.54) is 25.3 Å². The van der Waals surface area contributed by atoms with Crippen LogP contribution in [-0.2, 0) is 51.1 Å². The van der Waals surface area contributed by atoms with Crippen LogP contribution in [0.4, 0.5) is 5.82 Å². The van der Waals surface area contributed by atoms with Gasteiger partial charge in [0, 0.05) is 25.5 Å². The number of hydrogen-bond acceptors (Lipinski definition) is 16. The van der Waals surface area contributed by atoms with E-state index in [1.54, 1.807) is 12.2 Å². The normalized spacial score (nSPS) is 19.6. The average molecular weight is 1070 g/mol. The Morgan fingerprint density at radius 2 is 1.25 bits per heavy atom.